The smallest absolute Gasteiger partial charge is 0.307 e. The van der Waals surface area contributed by atoms with E-state index < -0.39 is 27.3 Å². The molecule has 0 aliphatic carbocycles. The number of amides is 2. The van der Waals surface area contributed by atoms with Crippen LogP contribution in [0.2, 0.25) is 0 Å². The molecule has 0 spiro atoms. The third-order valence-corrected chi connectivity index (χ3v) is 2.73. The average molecular weight is 317 g/mol. The Morgan fingerprint density at radius 2 is 1.65 bits per heavy atom. The van der Waals surface area contributed by atoms with Crippen molar-refractivity contribution in [2.24, 2.45) is 0 Å². The summed E-state index contributed by atoms with van der Waals surface area (Å²) in [7, 11) is 0. The number of nitro benzene ring substituents is 2. The highest BCUT2D eigenvalue weighted by Gasteiger charge is 2.19. The fourth-order valence-corrected chi connectivity index (χ4v) is 1.70. The van der Waals surface area contributed by atoms with Crippen molar-refractivity contribution in [1.82, 2.24) is 5.43 Å². The lowest BCUT2D eigenvalue weighted by Gasteiger charge is -2.10. The molecule has 118 valence electrons. The monoisotopic (exact) mass is 317 g/mol. The van der Waals surface area contributed by atoms with Gasteiger partial charge in [0.2, 0.25) is 0 Å². The second-order valence-corrected chi connectivity index (χ2v) is 4.29. The van der Waals surface area contributed by atoms with Crippen LogP contribution in [0.1, 0.15) is 0 Å². The predicted molar refractivity (Wildman–Crippen MR) is 82.0 cm³/mol. The van der Waals surface area contributed by atoms with Crippen molar-refractivity contribution in [3.05, 3.63) is 68.8 Å². The van der Waals surface area contributed by atoms with Crippen LogP contribution in [0.15, 0.2) is 48.5 Å². The molecule has 2 amide bonds. The fraction of sp³-hybridized carbons (Fsp3) is 0. The number of rotatable bonds is 5. The van der Waals surface area contributed by atoms with Crippen LogP contribution in [0.5, 0.6) is 0 Å². The maximum atomic E-state index is 11.7. The zero-order chi connectivity index (χ0) is 16.8. The van der Waals surface area contributed by atoms with Gasteiger partial charge in [0, 0.05) is 11.8 Å². The summed E-state index contributed by atoms with van der Waals surface area (Å²) in [6, 6.07) is 10.9. The fourth-order valence-electron chi connectivity index (χ4n) is 1.70. The largest absolute Gasteiger partial charge is 0.337 e. The van der Waals surface area contributed by atoms with Crippen LogP contribution >= 0.6 is 0 Å². The van der Waals surface area contributed by atoms with Crippen LogP contribution < -0.4 is 16.2 Å². The van der Waals surface area contributed by atoms with Crippen LogP contribution in [-0.2, 0) is 0 Å². The van der Waals surface area contributed by atoms with Gasteiger partial charge in [-0.2, -0.15) is 0 Å². The van der Waals surface area contributed by atoms with Gasteiger partial charge >= 0.3 is 11.7 Å². The Morgan fingerprint density at radius 1 is 0.957 bits per heavy atom. The molecule has 0 aliphatic heterocycles. The van der Waals surface area contributed by atoms with Gasteiger partial charge in [-0.25, -0.2) is 4.79 Å². The number of hydrazine groups is 1. The summed E-state index contributed by atoms with van der Waals surface area (Å²) in [5.74, 6) is 0. The van der Waals surface area contributed by atoms with E-state index in [1.807, 2.05) is 0 Å². The first-order chi connectivity index (χ1) is 11.0. The van der Waals surface area contributed by atoms with Gasteiger partial charge in [0.05, 0.1) is 15.9 Å². The van der Waals surface area contributed by atoms with Crippen molar-refractivity contribution in [2.45, 2.75) is 0 Å². The number of hydrogen-bond donors (Lipinski definition) is 3. The maximum Gasteiger partial charge on any atom is 0.337 e. The number of nitro groups is 2. The van der Waals surface area contributed by atoms with E-state index in [0.29, 0.717) is 5.69 Å². The first-order valence-corrected chi connectivity index (χ1v) is 6.28. The van der Waals surface area contributed by atoms with E-state index in [2.05, 4.69) is 16.2 Å². The third-order valence-electron chi connectivity index (χ3n) is 2.73. The molecule has 3 N–H and O–H groups in total. The molecule has 0 atom stereocenters. The molecule has 23 heavy (non-hydrogen) atoms. The van der Waals surface area contributed by atoms with Gasteiger partial charge in [-0.15, -0.1) is 0 Å². The zero-order valence-corrected chi connectivity index (χ0v) is 11.6. The van der Waals surface area contributed by atoms with E-state index in [-0.39, 0.29) is 5.69 Å². The summed E-state index contributed by atoms with van der Waals surface area (Å²) in [6.45, 7) is 0. The molecule has 0 unspecified atom stereocenters. The lowest BCUT2D eigenvalue weighted by molar-refractivity contribution is -0.393. The molecule has 0 saturated carbocycles. The molecular formula is C13H11N5O5. The SMILES string of the molecule is O=C(NNc1ccc([N+](=O)[O-])cc1[N+](=O)[O-])Nc1ccccc1. The van der Waals surface area contributed by atoms with Crippen molar-refractivity contribution in [3.8, 4) is 0 Å². The van der Waals surface area contributed by atoms with E-state index in [0.717, 1.165) is 18.2 Å². The Bertz CT molecular complexity index is 750. The van der Waals surface area contributed by atoms with Gasteiger partial charge in [-0.1, -0.05) is 18.2 Å². The standard InChI is InChI=1S/C13H11N5O5/c19-13(14-9-4-2-1-3-5-9)16-15-11-7-6-10(17(20)21)8-12(11)18(22)23/h1-8,15H,(H2,14,16,19). The zero-order valence-electron chi connectivity index (χ0n) is 11.6. The van der Waals surface area contributed by atoms with Crippen LogP contribution in [0.4, 0.5) is 27.5 Å². The summed E-state index contributed by atoms with van der Waals surface area (Å²) in [4.78, 5) is 31.7. The summed E-state index contributed by atoms with van der Waals surface area (Å²) in [5, 5.41) is 24.1. The highest BCUT2D eigenvalue weighted by molar-refractivity contribution is 5.90. The predicted octanol–water partition coefficient (Wildman–Crippen LogP) is 2.65. The molecule has 2 aromatic carbocycles. The Balaban J connectivity index is 2.06. The molecule has 0 radical (unpaired) electrons. The summed E-state index contributed by atoms with van der Waals surface area (Å²) < 4.78 is 0. The normalized spacial score (nSPS) is 9.74. The van der Waals surface area contributed by atoms with Crippen LogP contribution in [0.25, 0.3) is 0 Å². The Kier molecular flexibility index (Phi) is 4.67. The minimum Gasteiger partial charge on any atom is -0.307 e. The number of non-ortho nitro benzene ring substituents is 1. The van der Waals surface area contributed by atoms with Gasteiger partial charge < -0.3 is 5.32 Å². The summed E-state index contributed by atoms with van der Waals surface area (Å²) in [5.41, 5.74) is 4.08. The van der Waals surface area contributed by atoms with E-state index >= 15 is 0 Å². The quantitative estimate of drug-likeness (QED) is 0.572. The van der Waals surface area contributed by atoms with Gasteiger partial charge in [0.25, 0.3) is 5.69 Å². The van der Waals surface area contributed by atoms with Crippen molar-refractivity contribution in [3.63, 3.8) is 0 Å². The number of carbonyl (C=O) groups excluding carboxylic acids is 1. The number of hydrogen-bond acceptors (Lipinski definition) is 6. The lowest BCUT2D eigenvalue weighted by Crippen LogP contribution is -2.33. The van der Waals surface area contributed by atoms with Crippen molar-refractivity contribution < 1.29 is 14.6 Å². The van der Waals surface area contributed by atoms with Gasteiger partial charge in [0.1, 0.15) is 5.69 Å². The van der Waals surface area contributed by atoms with Gasteiger partial charge in [0.15, 0.2) is 0 Å². The lowest BCUT2D eigenvalue weighted by atomic mass is 10.2. The van der Waals surface area contributed by atoms with Crippen LogP contribution in [-0.4, -0.2) is 15.9 Å². The molecule has 10 nitrogen and oxygen atoms in total. The number of benzene rings is 2. The molecular weight excluding hydrogens is 306 g/mol. The first-order valence-electron chi connectivity index (χ1n) is 6.28. The number of carbonyl (C=O) groups is 1. The minimum absolute atomic E-state index is 0.0798. The van der Waals surface area contributed by atoms with Crippen molar-refractivity contribution in [2.75, 3.05) is 10.7 Å². The molecule has 0 fully saturated rings. The van der Waals surface area contributed by atoms with E-state index in [1.165, 1.54) is 0 Å². The molecule has 0 saturated heterocycles. The number of nitrogens with zero attached hydrogens (tertiary/aromatic N) is 2. The first kappa shape index (κ1) is 15.7. The van der Waals surface area contributed by atoms with Gasteiger partial charge in [-0.3, -0.25) is 31.1 Å². The molecule has 10 heteroatoms. The van der Waals surface area contributed by atoms with Crippen LogP contribution in [0, 0.1) is 20.2 Å². The molecule has 2 rings (SSSR count). The Labute approximate surface area is 129 Å². The Morgan fingerprint density at radius 3 is 2.26 bits per heavy atom. The third kappa shape index (κ3) is 4.14. The van der Waals surface area contributed by atoms with Crippen LogP contribution in [0.3, 0.4) is 0 Å². The van der Waals surface area contributed by atoms with E-state index in [4.69, 9.17) is 0 Å². The van der Waals surface area contributed by atoms with Crippen molar-refractivity contribution >= 4 is 28.8 Å². The molecule has 2 aromatic rings. The second-order valence-electron chi connectivity index (χ2n) is 4.29. The highest BCUT2D eigenvalue weighted by atomic mass is 16.6. The summed E-state index contributed by atoms with van der Waals surface area (Å²) in [6.07, 6.45) is 0. The molecule has 0 heterocycles. The topological polar surface area (TPSA) is 139 Å². The number of urea groups is 1. The minimum atomic E-state index is -0.786. The number of nitrogens with one attached hydrogen (secondary N) is 3. The molecule has 0 aliphatic rings. The van der Waals surface area contributed by atoms with Gasteiger partial charge in [-0.05, 0) is 18.2 Å². The highest BCUT2D eigenvalue weighted by Crippen LogP contribution is 2.28. The maximum absolute atomic E-state index is 11.7. The number of anilines is 2. The van der Waals surface area contributed by atoms with Crippen molar-refractivity contribution in [1.29, 1.82) is 0 Å². The van der Waals surface area contributed by atoms with E-state index in [1.54, 1.807) is 30.3 Å². The summed E-state index contributed by atoms with van der Waals surface area (Å²) >= 11 is 0. The Hall–Kier alpha value is -3.69. The molecule has 0 bridgehead atoms. The average Bonchev–Trinajstić information content (AvgIpc) is 2.53. The number of para-hydroxylation sites is 1. The van der Waals surface area contributed by atoms with E-state index in [9.17, 15) is 25.0 Å². The second kappa shape index (κ2) is 6.85. The molecule has 0 aromatic heterocycles.